The molecule has 1 heterocycles. The second-order valence-electron chi connectivity index (χ2n) is 4.71. The average molecular weight is 267 g/mol. The third-order valence-electron chi connectivity index (χ3n) is 3.14. The average Bonchev–Trinajstić information content (AvgIpc) is 2.49. The molecule has 0 radical (unpaired) electrons. The highest BCUT2D eigenvalue weighted by Gasteiger charge is 2.13. The Morgan fingerprint density at radius 2 is 1.45 bits per heavy atom. The molecular weight excluding hydrogens is 250 g/mol. The Labute approximate surface area is 118 Å². The Morgan fingerprint density at radius 1 is 0.900 bits per heavy atom. The molecule has 0 bridgehead atoms. The smallest absolute Gasteiger partial charge is 0.170 e. The van der Waals surface area contributed by atoms with E-state index in [9.17, 15) is 9.59 Å². The number of carbonyl (C=O) groups is 2. The van der Waals surface area contributed by atoms with Gasteiger partial charge in [-0.2, -0.15) is 0 Å². The number of nitrogens with zero attached hydrogens (tertiary/aromatic N) is 1. The Hall–Kier alpha value is -2.29. The second kappa shape index (κ2) is 6.75. The number of hydrogen-bond acceptors (Lipinski definition) is 3. The van der Waals surface area contributed by atoms with E-state index in [1.54, 1.807) is 36.7 Å². The van der Waals surface area contributed by atoms with Crippen molar-refractivity contribution in [2.75, 3.05) is 0 Å². The van der Waals surface area contributed by atoms with Gasteiger partial charge in [-0.1, -0.05) is 37.6 Å². The van der Waals surface area contributed by atoms with Crippen LogP contribution in [-0.2, 0) is 6.42 Å². The number of aryl methyl sites for hydroxylation is 1. The quantitative estimate of drug-likeness (QED) is 0.594. The molecule has 2 aromatic rings. The van der Waals surface area contributed by atoms with Gasteiger partial charge in [-0.05, 0) is 24.1 Å². The van der Waals surface area contributed by atoms with Crippen molar-refractivity contribution >= 4 is 11.6 Å². The van der Waals surface area contributed by atoms with Gasteiger partial charge in [0.25, 0.3) is 0 Å². The van der Waals surface area contributed by atoms with E-state index in [4.69, 9.17) is 0 Å². The molecule has 0 aliphatic rings. The fourth-order valence-electron chi connectivity index (χ4n) is 2.03. The number of rotatable bonds is 6. The predicted octanol–water partition coefficient (Wildman–Crippen LogP) is 3.49. The summed E-state index contributed by atoms with van der Waals surface area (Å²) in [6.07, 6.45) is 5.09. The number of pyridine rings is 1. The lowest BCUT2D eigenvalue weighted by Crippen LogP contribution is -2.08. The summed E-state index contributed by atoms with van der Waals surface area (Å²) < 4.78 is 0. The van der Waals surface area contributed by atoms with Crippen molar-refractivity contribution in [2.24, 2.45) is 0 Å². The molecule has 2 rings (SSSR count). The van der Waals surface area contributed by atoms with Gasteiger partial charge in [0, 0.05) is 23.5 Å². The highest BCUT2D eigenvalue weighted by atomic mass is 16.1. The number of Topliss-reactive ketones (excluding diaryl/α,β-unsaturated/α-hetero) is 2. The van der Waals surface area contributed by atoms with E-state index >= 15 is 0 Å². The first-order valence-corrected chi connectivity index (χ1v) is 6.76. The zero-order valence-electron chi connectivity index (χ0n) is 11.5. The normalized spacial score (nSPS) is 10.2. The summed E-state index contributed by atoms with van der Waals surface area (Å²) in [4.78, 5) is 27.9. The van der Waals surface area contributed by atoms with Gasteiger partial charge in [0.15, 0.2) is 11.6 Å². The highest BCUT2D eigenvalue weighted by Crippen LogP contribution is 2.11. The molecule has 0 unspecified atom stereocenters. The van der Waals surface area contributed by atoms with Crippen molar-refractivity contribution in [3.8, 4) is 0 Å². The van der Waals surface area contributed by atoms with E-state index in [1.165, 1.54) is 5.56 Å². The standard InChI is InChI=1S/C17H17NO2/c1-2-3-13-4-6-14(7-5-13)16(19)12-17(20)15-8-10-18-11-9-15/h4-11H,2-3,12H2,1H3. The van der Waals surface area contributed by atoms with Gasteiger partial charge in [0.05, 0.1) is 6.42 Å². The maximum absolute atomic E-state index is 12.1. The fourth-order valence-corrected chi connectivity index (χ4v) is 2.03. The molecule has 0 atom stereocenters. The molecule has 0 fully saturated rings. The molecule has 0 saturated heterocycles. The van der Waals surface area contributed by atoms with E-state index in [-0.39, 0.29) is 18.0 Å². The van der Waals surface area contributed by atoms with Crippen molar-refractivity contribution in [3.05, 3.63) is 65.5 Å². The van der Waals surface area contributed by atoms with E-state index < -0.39 is 0 Å². The molecule has 0 amide bonds. The summed E-state index contributed by atoms with van der Waals surface area (Å²) >= 11 is 0. The van der Waals surface area contributed by atoms with Gasteiger partial charge in [-0.25, -0.2) is 0 Å². The summed E-state index contributed by atoms with van der Waals surface area (Å²) in [5.41, 5.74) is 2.33. The van der Waals surface area contributed by atoms with E-state index in [0.29, 0.717) is 11.1 Å². The Bertz CT molecular complexity index is 588. The predicted molar refractivity (Wildman–Crippen MR) is 78.0 cm³/mol. The molecule has 0 N–H and O–H groups in total. The molecule has 3 nitrogen and oxygen atoms in total. The summed E-state index contributed by atoms with van der Waals surface area (Å²) in [6.45, 7) is 2.12. The number of aromatic nitrogens is 1. The highest BCUT2D eigenvalue weighted by molar-refractivity contribution is 6.13. The monoisotopic (exact) mass is 267 g/mol. The molecule has 102 valence electrons. The minimum atomic E-state index is -0.171. The van der Waals surface area contributed by atoms with E-state index in [0.717, 1.165) is 12.8 Å². The minimum absolute atomic E-state index is 0.100. The summed E-state index contributed by atoms with van der Waals surface area (Å²) in [6, 6.07) is 10.8. The van der Waals surface area contributed by atoms with Crippen LogP contribution in [0.15, 0.2) is 48.8 Å². The molecule has 0 saturated carbocycles. The van der Waals surface area contributed by atoms with Crippen molar-refractivity contribution < 1.29 is 9.59 Å². The van der Waals surface area contributed by atoms with Crippen molar-refractivity contribution in [1.82, 2.24) is 4.98 Å². The minimum Gasteiger partial charge on any atom is -0.294 e. The lowest BCUT2D eigenvalue weighted by molar-refractivity contribution is 0.0894. The van der Waals surface area contributed by atoms with Crippen LogP contribution in [0.4, 0.5) is 0 Å². The van der Waals surface area contributed by atoms with Gasteiger partial charge in [0.1, 0.15) is 0 Å². The van der Waals surface area contributed by atoms with Crippen LogP contribution >= 0.6 is 0 Å². The Kier molecular flexibility index (Phi) is 4.77. The van der Waals surface area contributed by atoms with E-state index in [1.807, 2.05) is 12.1 Å². The molecular formula is C17H17NO2. The van der Waals surface area contributed by atoms with Crippen LogP contribution in [0.1, 0.15) is 46.0 Å². The fraction of sp³-hybridized carbons (Fsp3) is 0.235. The molecule has 0 spiro atoms. The maximum atomic E-state index is 12.1. The van der Waals surface area contributed by atoms with Crippen molar-refractivity contribution in [2.45, 2.75) is 26.2 Å². The van der Waals surface area contributed by atoms with Crippen molar-refractivity contribution in [3.63, 3.8) is 0 Å². The molecule has 0 aliphatic heterocycles. The van der Waals surface area contributed by atoms with Crippen LogP contribution in [0, 0.1) is 0 Å². The molecule has 20 heavy (non-hydrogen) atoms. The number of hydrogen-bond donors (Lipinski definition) is 0. The maximum Gasteiger partial charge on any atom is 0.170 e. The number of carbonyl (C=O) groups excluding carboxylic acids is 2. The summed E-state index contributed by atoms with van der Waals surface area (Å²) in [5.74, 6) is -0.315. The number of benzene rings is 1. The summed E-state index contributed by atoms with van der Waals surface area (Å²) in [5, 5.41) is 0. The van der Waals surface area contributed by atoms with Gasteiger partial charge in [-0.15, -0.1) is 0 Å². The molecule has 3 heteroatoms. The number of ketones is 2. The van der Waals surface area contributed by atoms with E-state index in [2.05, 4.69) is 11.9 Å². The van der Waals surface area contributed by atoms with Gasteiger partial charge in [0.2, 0.25) is 0 Å². The summed E-state index contributed by atoms with van der Waals surface area (Å²) in [7, 11) is 0. The second-order valence-corrected chi connectivity index (χ2v) is 4.71. The van der Waals surface area contributed by atoms with Gasteiger partial charge in [-0.3, -0.25) is 14.6 Å². The zero-order valence-corrected chi connectivity index (χ0v) is 11.5. The van der Waals surface area contributed by atoms with Gasteiger partial charge < -0.3 is 0 Å². The van der Waals surface area contributed by atoms with Crippen LogP contribution in [-0.4, -0.2) is 16.6 Å². The first-order valence-electron chi connectivity index (χ1n) is 6.76. The Balaban J connectivity index is 2.03. The van der Waals surface area contributed by atoms with Crippen LogP contribution in [0.3, 0.4) is 0 Å². The molecule has 1 aromatic heterocycles. The molecule has 1 aromatic carbocycles. The van der Waals surface area contributed by atoms with Crippen LogP contribution in [0.25, 0.3) is 0 Å². The van der Waals surface area contributed by atoms with Gasteiger partial charge >= 0.3 is 0 Å². The van der Waals surface area contributed by atoms with Crippen molar-refractivity contribution in [1.29, 1.82) is 0 Å². The van der Waals surface area contributed by atoms with Crippen LogP contribution in [0.5, 0.6) is 0 Å². The lowest BCUT2D eigenvalue weighted by Gasteiger charge is -2.03. The largest absolute Gasteiger partial charge is 0.294 e. The lowest BCUT2D eigenvalue weighted by atomic mass is 10.0. The van der Waals surface area contributed by atoms with Crippen LogP contribution in [0.2, 0.25) is 0 Å². The third kappa shape index (κ3) is 3.60. The zero-order chi connectivity index (χ0) is 14.4. The Morgan fingerprint density at radius 3 is 2.00 bits per heavy atom. The van der Waals surface area contributed by atoms with Crippen LogP contribution < -0.4 is 0 Å². The first kappa shape index (κ1) is 14.1. The molecule has 0 aliphatic carbocycles. The SMILES string of the molecule is CCCc1ccc(C(=O)CC(=O)c2ccncc2)cc1. The topological polar surface area (TPSA) is 47.0 Å². The third-order valence-corrected chi connectivity index (χ3v) is 3.14. The first-order chi connectivity index (χ1) is 9.70.